The van der Waals surface area contributed by atoms with Gasteiger partial charge in [-0.15, -0.1) is 0 Å². The first-order valence-corrected chi connectivity index (χ1v) is 12.2. The molecule has 0 saturated heterocycles. The highest BCUT2D eigenvalue weighted by atomic mass is 32.2. The number of ether oxygens (including phenoxy) is 2. The molecular weight excluding hydrogens is 444 g/mol. The summed E-state index contributed by atoms with van der Waals surface area (Å²) < 4.78 is 38.2. The summed E-state index contributed by atoms with van der Waals surface area (Å²) in [6.07, 6.45) is 1.64. The Balaban J connectivity index is 1.67. The number of carbonyl (C=O) groups excluding carboxylic acids is 1. The van der Waals surface area contributed by atoms with E-state index in [1.165, 1.54) is 26.2 Å². The molecule has 10 heteroatoms. The zero-order chi connectivity index (χ0) is 24.3. The van der Waals surface area contributed by atoms with Crippen molar-refractivity contribution in [1.82, 2.24) is 19.1 Å². The minimum absolute atomic E-state index is 0.0374. The number of nitrogens with zero attached hydrogens (tertiary/aromatic N) is 4. The number of rotatable bonds is 9. The van der Waals surface area contributed by atoms with Gasteiger partial charge < -0.3 is 9.47 Å². The minimum atomic E-state index is -3.50. The van der Waals surface area contributed by atoms with E-state index in [9.17, 15) is 13.2 Å². The van der Waals surface area contributed by atoms with Crippen molar-refractivity contribution >= 4 is 27.0 Å². The van der Waals surface area contributed by atoms with E-state index in [-0.39, 0.29) is 30.1 Å². The molecule has 9 nitrogen and oxygen atoms in total. The lowest BCUT2D eigenvalue weighted by atomic mass is 10.1. The molecule has 3 aromatic rings. The maximum Gasteiger partial charge on any atom is 0.339 e. The molecule has 0 N–H and O–H groups in total. The highest BCUT2D eigenvalue weighted by Gasteiger charge is 2.20. The summed E-state index contributed by atoms with van der Waals surface area (Å²) in [5.41, 5.74) is 1.88. The number of carbonyl (C=O) groups is 1. The standard InChI is InChI=1S/C23H30N4O5S/c1-15(2)21-13-19(20-14-24-27(16(3)4)22(20)25-21)23(28)32-12-11-31-17-7-9-18(10-8-17)33(29,30)26(5)6/h7-10,13-16H,11-12H2,1-6H3. The second kappa shape index (κ2) is 9.88. The van der Waals surface area contributed by atoms with Gasteiger partial charge in [-0.2, -0.15) is 5.10 Å². The zero-order valence-electron chi connectivity index (χ0n) is 19.8. The molecule has 0 unspecified atom stereocenters. The number of fused-ring (bicyclic) bond motifs is 1. The molecule has 0 aliphatic heterocycles. The number of sulfonamides is 1. The van der Waals surface area contributed by atoms with E-state index >= 15 is 0 Å². The third-order valence-electron chi connectivity index (χ3n) is 5.07. The molecule has 2 heterocycles. The topological polar surface area (TPSA) is 104 Å². The summed E-state index contributed by atoms with van der Waals surface area (Å²) >= 11 is 0. The monoisotopic (exact) mass is 474 g/mol. The lowest BCUT2D eigenvalue weighted by molar-refractivity contribution is 0.0452. The molecule has 0 spiro atoms. The summed E-state index contributed by atoms with van der Waals surface area (Å²) in [7, 11) is -0.546. The van der Waals surface area contributed by atoms with Crippen LogP contribution in [0.15, 0.2) is 41.4 Å². The van der Waals surface area contributed by atoms with Crippen LogP contribution >= 0.6 is 0 Å². The Labute approximate surface area is 194 Å². The van der Waals surface area contributed by atoms with E-state index in [4.69, 9.17) is 14.5 Å². The Morgan fingerprint density at radius 1 is 1.09 bits per heavy atom. The Kier molecular flexibility index (Phi) is 7.38. The lowest BCUT2D eigenvalue weighted by Gasteiger charge is -2.13. The van der Waals surface area contributed by atoms with E-state index in [1.54, 1.807) is 29.1 Å². The van der Waals surface area contributed by atoms with Gasteiger partial charge in [0, 0.05) is 25.8 Å². The lowest BCUT2D eigenvalue weighted by Crippen LogP contribution is -2.22. The Morgan fingerprint density at radius 2 is 1.76 bits per heavy atom. The zero-order valence-corrected chi connectivity index (χ0v) is 20.6. The average Bonchev–Trinajstić information content (AvgIpc) is 3.20. The molecule has 0 saturated carbocycles. The van der Waals surface area contributed by atoms with Crippen LogP contribution < -0.4 is 4.74 Å². The van der Waals surface area contributed by atoms with Crippen molar-refractivity contribution < 1.29 is 22.7 Å². The van der Waals surface area contributed by atoms with Crippen molar-refractivity contribution in [2.24, 2.45) is 0 Å². The van der Waals surface area contributed by atoms with Crippen LogP contribution in [0.1, 0.15) is 55.7 Å². The van der Waals surface area contributed by atoms with Gasteiger partial charge in [-0.05, 0) is 50.1 Å². The second-order valence-electron chi connectivity index (χ2n) is 8.41. The molecule has 0 amide bonds. The fourth-order valence-electron chi connectivity index (χ4n) is 3.17. The molecule has 1 aromatic carbocycles. The Hall–Kier alpha value is -2.98. The molecular formula is C23H30N4O5S. The van der Waals surface area contributed by atoms with Crippen molar-refractivity contribution in [3.05, 3.63) is 47.8 Å². The molecule has 0 aliphatic carbocycles. The number of pyridine rings is 1. The van der Waals surface area contributed by atoms with Crippen LogP contribution in [0, 0.1) is 0 Å². The van der Waals surface area contributed by atoms with E-state index in [0.29, 0.717) is 22.3 Å². The number of hydrogen-bond acceptors (Lipinski definition) is 7. The van der Waals surface area contributed by atoms with E-state index < -0.39 is 16.0 Å². The van der Waals surface area contributed by atoms with Crippen LogP contribution in [0.4, 0.5) is 0 Å². The van der Waals surface area contributed by atoms with Gasteiger partial charge in [-0.1, -0.05) is 13.8 Å². The van der Waals surface area contributed by atoms with E-state index in [2.05, 4.69) is 5.10 Å². The second-order valence-corrected chi connectivity index (χ2v) is 10.6. The first kappa shape index (κ1) is 24.7. The predicted molar refractivity (Wildman–Crippen MR) is 125 cm³/mol. The molecule has 178 valence electrons. The maximum atomic E-state index is 12.8. The summed E-state index contributed by atoms with van der Waals surface area (Å²) in [5, 5.41) is 5.04. The molecule has 3 rings (SSSR count). The van der Waals surface area contributed by atoms with Crippen molar-refractivity contribution in [3.8, 4) is 5.75 Å². The fraction of sp³-hybridized carbons (Fsp3) is 0.435. The highest BCUT2D eigenvalue weighted by molar-refractivity contribution is 7.89. The number of benzene rings is 1. The van der Waals surface area contributed by atoms with Crippen LogP contribution in [-0.4, -0.2) is 60.8 Å². The number of hydrogen-bond donors (Lipinski definition) is 0. The smallest absolute Gasteiger partial charge is 0.339 e. The minimum Gasteiger partial charge on any atom is -0.490 e. The van der Waals surface area contributed by atoms with Crippen LogP contribution in [-0.2, 0) is 14.8 Å². The molecule has 0 atom stereocenters. The third-order valence-corrected chi connectivity index (χ3v) is 6.90. The maximum absolute atomic E-state index is 12.8. The number of esters is 1. The molecule has 0 fully saturated rings. The van der Waals surface area contributed by atoms with Gasteiger partial charge >= 0.3 is 5.97 Å². The van der Waals surface area contributed by atoms with Gasteiger partial charge in [0.2, 0.25) is 10.0 Å². The van der Waals surface area contributed by atoms with Crippen LogP contribution in [0.25, 0.3) is 11.0 Å². The quantitative estimate of drug-likeness (QED) is 0.345. The molecule has 0 bridgehead atoms. The summed E-state index contributed by atoms with van der Waals surface area (Å²) in [4.78, 5) is 17.7. The van der Waals surface area contributed by atoms with Gasteiger partial charge in [0.05, 0.1) is 22.0 Å². The number of aromatic nitrogens is 3. The van der Waals surface area contributed by atoms with Crippen molar-refractivity contribution in [2.75, 3.05) is 27.3 Å². The van der Waals surface area contributed by atoms with Gasteiger partial charge in [-0.25, -0.2) is 27.2 Å². The highest BCUT2D eigenvalue weighted by Crippen LogP contribution is 2.25. The largest absolute Gasteiger partial charge is 0.490 e. The average molecular weight is 475 g/mol. The van der Waals surface area contributed by atoms with Gasteiger partial charge in [0.25, 0.3) is 0 Å². The molecule has 0 radical (unpaired) electrons. The van der Waals surface area contributed by atoms with Crippen LogP contribution in [0.5, 0.6) is 5.75 Å². The van der Waals surface area contributed by atoms with Gasteiger partial charge in [-0.3, -0.25) is 0 Å². The van der Waals surface area contributed by atoms with Gasteiger partial charge in [0.1, 0.15) is 19.0 Å². The van der Waals surface area contributed by atoms with Crippen LogP contribution in [0.3, 0.4) is 0 Å². The fourth-order valence-corrected chi connectivity index (χ4v) is 4.07. The van der Waals surface area contributed by atoms with Crippen LogP contribution in [0.2, 0.25) is 0 Å². The van der Waals surface area contributed by atoms with E-state index in [1.807, 2.05) is 27.7 Å². The summed E-state index contributed by atoms with van der Waals surface area (Å²) in [5.74, 6) is 0.151. The summed E-state index contributed by atoms with van der Waals surface area (Å²) in [6, 6.07) is 7.95. The molecule has 0 aliphatic rings. The van der Waals surface area contributed by atoms with E-state index in [0.717, 1.165) is 10.00 Å². The Morgan fingerprint density at radius 3 is 2.33 bits per heavy atom. The first-order valence-electron chi connectivity index (χ1n) is 10.7. The summed E-state index contributed by atoms with van der Waals surface area (Å²) in [6.45, 7) is 8.21. The molecule has 33 heavy (non-hydrogen) atoms. The van der Waals surface area contributed by atoms with Gasteiger partial charge in [0.15, 0.2) is 5.65 Å². The normalized spacial score (nSPS) is 12.2. The first-order chi connectivity index (χ1) is 15.5. The van der Waals surface area contributed by atoms with Crippen molar-refractivity contribution in [2.45, 2.75) is 44.6 Å². The predicted octanol–water partition coefficient (Wildman–Crippen LogP) is 3.62. The third kappa shape index (κ3) is 5.33. The van der Waals surface area contributed by atoms with Crippen molar-refractivity contribution in [1.29, 1.82) is 0 Å². The van der Waals surface area contributed by atoms with Crippen molar-refractivity contribution in [3.63, 3.8) is 0 Å². The SMILES string of the molecule is CC(C)c1cc(C(=O)OCCOc2ccc(S(=O)(=O)N(C)C)cc2)c2cnn(C(C)C)c2n1. The molecule has 2 aromatic heterocycles. The Bertz CT molecular complexity index is 1230.